The van der Waals surface area contributed by atoms with Crippen LogP contribution in [-0.2, 0) is 12.6 Å². The van der Waals surface area contributed by atoms with E-state index in [1.165, 1.54) is 18.2 Å². The Bertz CT molecular complexity index is 656. The van der Waals surface area contributed by atoms with Crippen LogP contribution >= 0.6 is 0 Å². The first-order valence-corrected chi connectivity index (χ1v) is 6.28. The first-order chi connectivity index (χ1) is 9.79. The Morgan fingerprint density at radius 1 is 1.19 bits per heavy atom. The summed E-state index contributed by atoms with van der Waals surface area (Å²) < 4.78 is 44.3. The second-order valence-corrected chi connectivity index (χ2v) is 4.45. The Morgan fingerprint density at radius 3 is 2.52 bits per heavy atom. The van der Waals surface area contributed by atoms with Crippen LogP contribution in [0.4, 0.5) is 18.9 Å². The lowest BCUT2D eigenvalue weighted by molar-refractivity contribution is -0.138. The molecular formula is C14H14F3N3O. The van der Waals surface area contributed by atoms with Crippen LogP contribution in [0.25, 0.3) is 0 Å². The molecule has 0 bridgehead atoms. The summed E-state index contributed by atoms with van der Waals surface area (Å²) >= 11 is 0. The Labute approximate surface area is 119 Å². The molecule has 0 spiro atoms. The highest BCUT2D eigenvalue weighted by Gasteiger charge is 2.35. The molecule has 112 valence electrons. The monoisotopic (exact) mass is 297 g/mol. The molecule has 2 rings (SSSR count). The van der Waals surface area contributed by atoms with Crippen LogP contribution in [0.15, 0.2) is 24.3 Å². The van der Waals surface area contributed by atoms with Crippen LogP contribution in [-0.4, -0.2) is 9.97 Å². The number of nitrogens with two attached hydrogens (primary N) is 1. The van der Waals surface area contributed by atoms with Gasteiger partial charge in [-0.3, -0.25) is 0 Å². The van der Waals surface area contributed by atoms with Gasteiger partial charge in [-0.15, -0.1) is 0 Å². The summed E-state index contributed by atoms with van der Waals surface area (Å²) in [5.74, 6) is 0.180. The number of ether oxygens (including phenoxy) is 1. The summed E-state index contributed by atoms with van der Waals surface area (Å²) in [5, 5.41) is 0. The smallest absolute Gasteiger partial charge is 0.420 e. The van der Waals surface area contributed by atoms with E-state index in [1.54, 1.807) is 6.92 Å². The highest BCUT2D eigenvalue weighted by atomic mass is 19.4. The molecule has 0 aliphatic heterocycles. The summed E-state index contributed by atoms with van der Waals surface area (Å²) in [6.45, 7) is 3.54. The molecule has 1 aromatic carbocycles. The van der Waals surface area contributed by atoms with Gasteiger partial charge >= 0.3 is 6.18 Å². The third-order valence-corrected chi connectivity index (χ3v) is 2.75. The van der Waals surface area contributed by atoms with Crippen molar-refractivity contribution in [3.8, 4) is 11.6 Å². The lowest BCUT2D eigenvalue weighted by Gasteiger charge is -2.14. The SMILES string of the molecule is CCc1cc(Oc2ccc(N)cc2C(F)(F)F)nc(C)n1. The minimum absolute atomic E-state index is 0.0165. The topological polar surface area (TPSA) is 61.0 Å². The van der Waals surface area contributed by atoms with Crippen molar-refractivity contribution in [2.45, 2.75) is 26.4 Å². The van der Waals surface area contributed by atoms with Crippen molar-refractivity contribution in [1.82, 2.24) is 9.97 Å². The first kappa shape index (κ1) is 15.1. The van der Waals surface area contributed by atoms with Crippen LogP contribution < -0.4 is 10.5 Å². The van der Waals surface area contributed by atoms with E-state index in [4.69, 9.17) is 10.5 Å². The molecule has 0 fully saturated rings. The van der Waals surface area contributed by atoms with Gasteiger partial charge in [0.2, 0.25) is 5.88 Å². The quantitative estimate of drug-likeness (QED) is 0.877. The average molecular weight is 297 g/mol. The second-order valence-electron chi connectivity index (χ2n) is 4.45. The largest absolute Gasteiger partial charge is 0.438 e. The maximum absolute atomic E-state index is 13.0. The zero-order chi connectivity index (χ0) is 15.6. The van der Waals surface area contributed by atoms with E-state index in [0.29, 0.717) is 17.9 Å². The average Bonchev–Trinajstić information content (AvgIpc) is 2.39. The van der Waals surface area contributed by atoms with E-state index in [9.17, 15) is 13.2 Å². The fourth-order valence-electron chi connectivity index (χ4n) is 1.80. The Kier molecular flexibility index (Phi) is 4.02. The molecule has 7 heteroatoms. The van der Waals surface area contributed by atoms with Gasteiger partial charge in [0, 0.05) is 17.4 Å². The van der Waals surface area contributed by atoms with Crippen molar-refractivity contribution in [3.63, 3.8) is 0 Å². The highest BCUT2D eigenvalue weighted by molar-refractivity contribution is 5.50. The van der Waals surface area contributed by atoms with Crippen molar-refractivity contribution in [2.24, 2.45) is 0 Å². The van der Waals surface area contributed by atoms with Crippen molar-refractivity contribution < 1.29 is 17.9 Å². The molecule has 21 heavy (non-hydrogen) atoms. The lowest BCUT2D eigenvalue weighted by Crippen LogP contribution is -2.08. The van der Waals surface area contributed by atoms with Gasteiger partial charge in [-0.2, -0.15) is 18.2 Å². The van der Waals surface area contributed by atoms with Crippen LogP contribution in [0.3, 0.4) is 0 Å². The predicted molar refractivity (Wildman–Crippen MR) is 72.1 cm³/mol. The Morgan fingerprint density at radius 2 is 1.90 bits per heavy atom. The van der Waals surface area contributed by atoms with Crippen molar-refractivity contribution in [2.75, 3.05) is 5.73 Å². The Hall–Kier alpha value is -2.31. The third kappa shape index (κ3) is 3.62. The van der Waals surface area contributed by atoms with Gasteiger partial charge in [-0.05, 0) is 31.5 Å². The number of rotatable bonds is 3. The summed E-state index contributed by atoms with van der Waals surface area (Å²) in [5.41, 5.74) is 5.18. The summed E-state index contributed by atoms with van der Waals surface area (Å²) in [7, 11) is 0. The number of benzene rings is 1. The second kappa shape index (κ2) is 5.59. The van der Waals surface area contributed by atoms with E-state index >= 15 is 0 Å². The lowest BCUT2D eigenvalue weighted by atomic mass is 10.1. The molecule has 1 aromatic heterocycles. The van der Waals surface area contributed by atoms with E-state index in [2.05, 4.69) is 9.97 Å². The van der Waals surface area contributed by atoms with Gasteiger partial charge in [0.05, 0.1) is 0 Å². The normalized spacial score (nSPS) is 11.5. The maximum Gasteiger partial charge on any atom is 0.420 e. The van der Waals surface area contributed by atoms with Gasteiger partial charge in [0.1, 0.15) is 17.1 Å². The predicted octanol–water partition coefficient (Wildman–Crippen LogP) is 3.74. The van der Waals surface area contributed by atoms with E-state index in [0.717, 1.165) is 6.07 Å². The minimum Gasteiger partial charge on any atom is -0.438 e. The zero-order valence-electron chi connectivity index (χ0n) is 11.5. The minimum atomic E-state index is -4.56. The number of anilines is 1. The zero-order valence-corrected chi connectivity index (χ0v) is 11.5. The van der Waals surface area contributed by atoms with Crippen molar-refractivity contribution >= 4 is 5.69 Å². The fourth-order valence-corrected chi connectivity index (χ4v) is 1.80. The van der Waals surface area contributed by atoms with Crippen molar-refractivity contribution in [1.29, 1.82) is 0 Å². The number of nitrogen functional groups attached to an aromatic ring is 1. The number of aromatic nitrogens is 2. The number of aryl methyl sites for hydroxylation is 2. The molecule has 1 heterocycles. The molecule has 0 aliphatic carbocycles. The molecule has 0 amide bonds. The molecule has 0 aliphatic rings. The van der Waals surface area contributed by atoms with Crippen molar-refractivity contribution in [3.05, 3.63) is 41.3 Å². The molecule has 0 radical (unpaired) electrons. The highest BCUT2D eigenvalue weighted by Crippen LogP contribution is 2.38. The molecule has 4 nitrogen and oxygen atoms in total. The van der Waals surface area contributed by atoms with Crippen LogP contribution in [0.5, 0.6) is 11.6 Å². The molecule has 0 atom stereocenters. The van der Waals surface area contributed by atoms with Crippen LogP contribution in [0.2, 0.25) is 0 Å². The van der Waals surface area contributed by atoms with E-state index < -0.39 is 11.7 Å². The fraction of sp³-hybridized carbons (Fsp3) is 0.286. The summed E-state index contributed by atoms with van der Waals surface area (Å²) in [6, 6.07) is 4.88. The summed E-state index contributed by atoms with van der Waals surface area (Å²) in [4.78, 5) is 8.14. The van der Waals surface area contributed by atoms with Gasteiger partial charge in [-0.1, -0.05) is 6.92 Å². The van der Waals surface area contributed by atoms with E-state index in [1.807, 2.05) is 6.92 Å². The van der Waals surface area contributed by atoms with Crippen LogP contribution in [0.1, 0.15) is 24.0 Å². The van der Waals surface area contributed by atoms with Gasteiger partial charge in [0.25, 0.3) is 0 Å². The van der Waals surface area contributed by atoms with Gasteiger partial charge in [-0.25, -0.2) is 4.98 Å². The van der Waals surface area contributed by atoms with Crippen LogP contribution in [0, 0.1) is 6.92 Å². The number of hydrogen-bond donors (Lipinski definition) is 1. The number of hydrogen-bond acceptors (Lipinski definition) is 4. The molecule has 2 N–H and O–H groups in total. The maximum atomic E-state index is 13.0. The Balaban J connectivity index is 2.42. The molecule has 0 unspecified atom stereocenters. The number of alkyl halides is 3. The third-order valence-electron chi connectivity index (χ3n) is 2.75. The standard InChI is InChI=1S/C14H14F3N3O/c1-3-10-7-13(20-8(2)19-10)21-12-5-4-9(18)6-11(12)14(15,16)17/h4-7H,3,18H2,1-2H3. The summed E-state index contributed by atoms with van der Waals surface area (Å²) in [6.07, 6.45) is -3.92. The number of halogens is 3. The first-order valence-electron chi connectivity index (χ1n) is 6.28. The van der Waals surface area contributed by atoms with Gasteiger partial charge in [0.15, 0.2) is 0 Å². The molecule has 0 saturated carbocycles. The molecule has 2 aromatic rings. The number of nitrogens with zero attached hydrogens (tertiary/aromatic N) is 2. The van der Waals surface area contributed by atoms with Gasteiger partial charge < -0.3 is 10.5 Å². The van der Waals surface area contributed by atoms with E-state index in [-0.39, 0.29) is 17.3 Å². The molecule has 0 saturated heterocycles. The molecular weight excluding hydrogens is 283 g/mol.